The molecule has 0 amide bonds. The fourth-order valence-electron chi connectivity index (χ4n) is 3.60. The van der Waals surface area contributed by atoms with Crippen molar-refractivity contribution in [3.05, 3.63) is 58.7 Å². The first-order valence-corrected chi connectivity index (χ1v) is 9.67. The van der Waals surface area contributed by atoms with Gasteiger partial charge in [0.25, 0.3) is 0 Å². The summed E-state index contributed by atoms with van der Waals surface area (Å²) in [6.45, 7) is 6.88. The molecule has 1 aromatic carbocycles. The van der Waals surface area contributed by atoms with Gasteiger partial charge in [0, 0.05) is 0 Å². The second kappa shape index (κ2) is 8.22. The summed E-state index contributed by atoms with van der Waals surface area (Å²) in [6, 6.07) is 8.45. The fraction of sp³-hybridized carbons (Fsp3) is 0.522. The van der Waals surface area contributed by atoms with E-state index in [9.17, 15) is 4.79 Å². The molecule has 140 valence electrons. The van der Waals surface area contributed by atoms with Gasteiger partial charge in [-0.1, -0.05) is 57.2 Å². The number of carbonyl (C=O) groups is 1. The first kappa shape index (κ1) is 18.9. The summed E-state index contributed by atoms with van der Waals surface area (Å²) in [6.07, 6.45) is 9.30. The molecule has 0 saturated carbocycles. The van der Waals surface area contributed by atoms with Gasteiger partial charge in [0.15, 0.2) is 0 Å². The smallest absolute Gasteiger partial charge is 0.332 e. The lowest BCUT2D eigenvalue weighted by Gasteiger charge is -2.24. The van der Waals surface area contributed by atoms with Gasteiger partial charge in [-0.2, -0.15) is 0 Å². The average molecular weight is 354 g/mol. The van der Waals surface area contributed by atoms with Crippen LogP contribution in [0.4, 0.5) is 0 Å². The lowest BCUT2D eigenvalue weighted by atomic mass is 9.90. The van der Waals surface area contributed by atoms with Crippen LogP contribution in [0.15, 0.2) is 47.6 Å². The van der Waals surface area contributed by atoms with Crippen LogP contribution in [0.5, 0.6) is 0 Å². The highest BCUT2D eigenvalue weighted by atomic mass is 16.6. The summed E-state index contributed by atoms with van der Waals surface area (Å²) >= 11 is 0. The van der Waals surface area contributed by atoms with Gasteiger partial charge in [-0.15, -0.1) is 0 Å². The van der Waals surface area contributed by atoms with E-state index < -0.39 is 0 Å². The van der Waals surface area contributed by atoms with Gasteiger partial charge in [-0.3, -0.25) is 0 Å². The van der Waals surface area contributed by atoms with E-state index in [4.69, 9.17) is 9.47 Å². The monoisotopic (exact) mass is 354 g/mol. The molecule has 0 saturated heterocycles. The molecular weight excluding hydrogens is 324 g/mol. The number of rotatable bonds is 5. The number of ether oxygens (including phenoxy) is 2. The molecule has 2 aliphatic carbocycles. The molecule has 0 aliphatic heterocycles. The van der Waals surface area contributed by atoms with E-state index in [1.807, 2.05) is 0 Å². The highest BCUT2D eigenvalue weighted by molar-refractivity contribution is 5.70. The number of hydrogen-bond acceptors (Lipinski definition) is 3. The van der Waals surface area contributed by atoms with Crippen LogP contribution < -0.4 is 0 Å². The Bertz CT molecular complexity index is 706. The van der Waals surface area contributed by atoms with Gasteiger partial charge in [-0.05, 0) is 59.8 Å². The van der Waals surface area contributed by atoms with Gasteiger partial charge in [-0.25, -0.2) is 4.79 Å². The SMILES string of the molecule is CC(C)(C)CCOC(=O)COC1C2=C(C=CCC2)CCc2ccccc21. The normalized spacial score (nSPS) is 19.6. The molecule has 2 aliphatic rings. The molecule has 3 rings (SSSR count). The van der Waals surface area contributed by atoms with E-state index in [0.29, 0.717) is 6.61 Å². The highest BCUT2D eigenvalue weighted by Crippen LogP contribution is 2.40. The quantitative estimate of drug-likeness (QED) is 0.672. The van der Waals surface area contributed by atoms with Crippen molar-refractivity contribution < 1.29 is 14.3 Å². The number of benzene rings is 1. The van der Waals surface area contributed by atoms with E-state index in [2.05, 4.69) is 57.2 Å². The van der Waals surface area contributed by atoms with Crippen LogP contribution in [0.1, 0.15) is 63.7 Å². The summed E-state index contributed by atoms with van der Waals surface area (Å²) in [7, 11) is 0. The van der Waals surface area contributed by atoms with Crippen molar-refractivity contribution >= 4 is 5.97 Å². The van der Waals surface area contributed by atoms with Crippen LogP contribution in [-0.4, -0.2) is 19.2 Å². The van der Waals surface area contributed by atoms with Crippen LogP contribution in [0, 0.1) is 5.41 Å². The highest BCUT2D eigenvalue weighted by Gasteiger charge is 2.27. The van der Waals surface area contributed by atoms with Gasteiger partial charge in [0.2, 0.25) is 0 Å². The van der Waals surface area contributed by atoms with Crippen molar-refractivity contribution in [2.75, 3.05) is 13.2 Å². The maximum Gasteiger partial charge on any atom is 0.332 e. The van der Waals surface area contributed by atoms with Gasteiger partial charge >= 0.3 is 5.97 Å². The maximum atomic E-state index is 12.2. The van der Waals surface area contributed by atoms with Crippen molar-refractivity contribution in [3.63, 3.8) is 0 Å². The summed E-state index contributed by atoms with van der Waals surface area (Å²) in [5.74, 6) is -0.274. The number of allylic oxidation sites excluding steroid dienone is 3. The standard InChI is InChI=1S/C23H30O3/c1-23(2,3)14-15-25-21(24)16-26-22-19-10-6-4-8-17(19)12-13-18-9-5-7-11-20(18)22/h4-6,8-10,22H,7,11-16H2,1-3H3. The molecule has 1 unspecified atom stereocenters. The molecule has 0 bridgehead atoms. The Kier molecular flexibility index (Phi) is 5.98. The Morgan fingerprint density at radius 1 is 1.15 bits per heavy atom. The topological polar surface area (TPSA) is 35.5 Å². The predicted molar refractivity (Wildman–Crippen MR) is 104 cm³/mol. The number of aryl methyl sites for hydroxylation is 1. The number of carbonyl (C=O) groups excluding carboxylic acids is 1. The Balaban J connectivity index is 1.69. The first-order chi connectivity index (χ1) is 12.4. The molecule has 3 heteroatoms. The molecule has 0 aromatic heterocycles. The minimum absolute atomic E-state index is 0.00361. The van der Waals surface area contributed by atoms with Crippen molar-refractivity contribution in [2.45, 2.75) is 59.0 Å². The van der Waals surface area contributed by atoms with E-state index in [1.165, 1.54) is 22.3 Å². The van der Waals surface area contributed by atoms with Crippen molar-refractivity contribution in [3.8, 4) is 0 Å². The third-order valence-electron chi connectivity index (χ3n) is 5.11. The second-order valence-corrected chi connectivity index (χ2v) is 8.41. The lowest BCUT2D eigenvalue weighted by Crippen LogP contribution is -2.20. The minimum Gasteiger partial charge on any atom is -0.464 e. The van der Waals surface area contributed by atoms with Crippen LogP contribution in [-0.2, 0) is 20.7 Å². The van der Waals surface area contributed by atoms with E-state index in [1.54, 1.807) is 0 Å². The summed E-state index contributed by atoms with van der Waals surface area (Å²) in [5, 5.41) is 0. The van der Waals surface area contributed by atoms with Crippen molar-refractivity contribution in [1.82, 2.24) is 0 Å². The largest absolute Gasteiger partial charge is 0.464 e. The average Bonchev–Trinajstić information content (AvgIpc) is 2.76. The van der Waals surface area contributed by atoms with Gasteiger partial charge in [0.05, 0.1) is 6.61 Å². The molecule has 26 heavy (non-hydrogen) atoms. The predicted octanol–water partition coefficient (Wildman–Crippen LogP) is 5.32. The summed E-state index contributed by atoms with van der Waals surface area (Å²) < 4.78 is 11.5. The Hall–Kier alpha value is -1.87. The summed E-state index contributed by atoms with van der Waals surface area (Å²) in [4.78, 5) is 12.2. The molecule has 0 radical (unpaired) electrons. The molecule has 3 nitrogen and oxygen atoms in total. The Morgan fingerprint density at radius 3 is 2.77 bits per heavy atom. The van der Waals surface area contributed by atoms with Crippen LogP contribution in [0.25, 0.3) is 0 Å². The fourth-order valence-corrected chi connectivity index (χ4v) is 3.60. The molecular formula is C23H30O3. The zero-order chi connectivity index (χ0) is 18.6. The summed E-state index contributed by atoms with van der Waals surface area (Å²) in [5.41, 5.74) is 5.39. The van der Waals surface area contributed by atoms with Crippen LogP contribution in [0.3, 0.4) is 0 Å². The second-order valence-electron chi connectivity index (χ2n) is 8.41. The number of esters is 1. The van der Waals surface area contributed by atoms with Gasteiger partial charge in [0.1, 0.15) is 12.7 Å². The molecule has 0 spiro atoms. The zero-order valence-electron chi connectivity index (χ0n) is 16.2. The number of fused-ring (bicyclic) bond motifs is 1. The van der Waals surface area contributed by atoms with E-state index in [0.717, 1.165) is 32.1 Å². The van der Waals surface area contributed by atoms with Crippen molar-refractivity contribution in [2.24, 2.45) is 5.41 Å². The van der Waals surface area contributed by atoms with Gasteiger partial charge < -0.3 is 9.47 Å². The molecule has 1 aromatic rings. The molecule has 0 heterocycles. The van der Waals surface area contributed by atoms with Crippen molar-refractivity contribution in [1.29, 1.82) is 0 Å². The minimum atomic E-state index is -0.274. The third-order valence-corrected chi connectivity index (χ3v) is 5.11. The Labute approximate surface area is 157 Å². The van der Waals surface area contributed by atoms with E-state index in [-0.39, 0.29) is 24.1 Å². The lowest BCUT2D eigenvalue weighted by molar-refractivity contribution is -0.151. The molecule has 1 atom stereocenters. The van der Waals surface area contributed by atoms with E-state index >= 15 is 0 Å². The van der Waals surface area contributed by atoms with Crippen LogP contribution in [0.2, 0.25) is 0 Å². The van der Waals surface area contributed by atoms with Crippen LogP contribution >= 0.6 is 0 Å². The Morgan fingerprint density at radius 2 is 1.96 bits per heavy atom. The maximum absolute atomic E-state index is 12.2. The molecule has 0 N–H and O–H groups in total. The third kappa shape index (κ3) is 4.85. The zero-order valence-corrected chi connectivity index (χ0v) is 16.2. The first-order valence-electron chi connectivity index (χ1n) is 9.67. The molecule has 0 fully saturated rings. The number of hydrogen-bond donors (Lipinski definition) is 0.